The van der Waals surface area contributed by atoms with Crippen LogP contribution in [-0.4, -0.2) is 37.5 Å². The topological polar surface area (TPSA) is 41.5 Å². The molecule has 1 saturated heterocycles. The molecule has 1 heterocycles. The van der Waals surface area contributed by atoms with E-state index in [9.17, 15) is 0 Å². The first-order valence-corrected chi connectivity index (χ1v) is 5.67. The molecule has 0 aromatic rings. The first-order valence-electron chi connectivity index (χ1n) is 5.67. The molecule has 1 fully saturated rings. The van der Waals surface area contributed by atoms with E-state index in [0.29, 0.717) is 17.9 Å². The molecule has 0 aromatic carbocycles. The van der Waals surface area contributed by atoms with Crippen LogP contribution in [0.3, 0.4) is 0 Å². The van der Waals surface area contributed by atoms with Crippen LogP contribution in [0.2, 0.25) is 0 Å². The lowest BCUT2D eigenvalue weighted by molar-refractivity contribution is 0.106. The first kappa shape index (κ1) is 12.0. The molecule has 2 atom stereocenters. The molecule has 0 saturated carbocycles. The number of aliphatic hydroxyl groups is 1. The average molecular weight is 201 g/mol. The standard InChI is InChI=1S/C11H23NO2/c1-9(2)10(8-13)6-12-7-11-4-3-5-14-11/h9-13H,3-8H2,1-2H3. The quantitative estimate of drug-likeness (QED) is 0.674. The smallest absolute Gasteiger partial charge is 0.0700 e. The summed E-state index contributed by atoms with van der Waals surface area (Å²) in [7, 11) is 0. The number of nitrogens with one attached hydrogen (secondary N) is 1. The summed E-state index contributed by atoms with van der Waals surface area (Å²) in [5, 5.41) is 12.5. The second-order valence-electron chi connectivity index (χ2n) is 4.48. The molecule has 2 unspecified atom stereocenters. The minimum atomic E-state index is 0.274. The Labute approximate surface area is 86.8 Å². The molecular formula is C11H23NO2. The minimum absolute atomic E-state index is 0.274. The molecule has 1 rings (SSSR count). The Morgan fingerprint density at radius 2 is 2.29 bits per heavy atom. The SMILES string of the molecule is CC(C)C(CO)CNCC1CCCO1. The average Bonchev–Trinajstić information content (AvgIpc) is 2.64. The lowest BCUT2D eigenvalue weighted by Gasteiger charge is -2.19. The van der Waals surface area contributed by atoms with Crippen LogP contribution in [0.4, 0.5) is 0 Å². The molecule has 84 valence electrons. The molecule has 0 aromatic heterocycles. The van der Waals surface area contributed by atoms with E-state index in [-0.39, 0.29) is 6.61 Å². The van der Waals surface area contributed by atoms with E-state index in [4.69, 9.17) is 9.84 Å². The van der Waals surface area contributed by atoms with Gasteiger partial charge in [0.05, 0.1) is 6.10 Å². The van der Waals surface area contributed by atoms with Crippen LogP contribution >= 0.6 is 0 Å². The fourth-order valence-corrected chi connectivity index (χ4v) is 1.75. The van der Waals surface area contributed by atoms with Crippen molar-refractivity contribution in [1.82, 2.24) is 5.32 Å². The second-order valence-corrected chi connectivity index (χ2v) is 4.48. The van der Waals surface area contributed by atoms with Gasteiger partial charge in [0.25, 0.3) is 0 Å². The molecule has 14 heavy (non-hydrogen) atoms. The van der Waals surface area contributed by atoms with E-state index >= 15 is 0 Å². The number of rotatable bonds is 6. The zero-order valence-electron chi connectivity index (χ0n) is 9.33. The van der Waals surface area contributed by atoms with Crippen LogP contribution in [0, 0.1) is 11.8 Å². The normalized spacial score (nSPS) is 24.4. The number of ether oxygens (including phenoxy) is 1. The summed E-state index contributed by atoms with van der Waals surface area (Å²) in [6.45, 7) is 7.32. The highest BCUT2D eigenvalue weighted by atomic mass is 16.5. The number of hydrogen-bond donors (Lipinski definition) is 2. The van der Waals surface area contributed by atoms with Crippen molar-refractivity contribution in [2.45, 2.75) is 32.8 Å². The Hall–Kier alpha value is -0.120. The fraction of sp³-hybridized carbons (Fsp3) is 1.00. The van der Waals surface area contributed by atoms with Gasteiger partial charge in [0.15, 0.2) is 0 Å². The van der Waals surface area contributed by atoms with E-state index in [1.165, 1.54) is 12.8 Å². The van der Waals surface area contributed by atoms with Gasteiger partial charge in [-0.15, -0.1) is 0 Å². The first-order chi connectivity index (χ1) is 6.74. The Morgan fingerprint density at radius 1 is 1.50 bits per heavy atom. The third-order valence-electron chi connectivity index (χ3n) is 2.98. The van der Waals surface area contributed by atoms with Crippen molar-refractivity contribution in [2.75, 3.05) is 26.3 Å². The lowest BCUT2D eigenvalue weighted by Crippen LogP contribution is -2.33. The van der Waals surface area contributed by atoms with Gasteiger partial charge >= 0.3 is 0 Å². The largest absolute Gasteiger partial charge is 0.396 e. The predicted octanol–water partition coefficient (Wildman–Crippen LogP) is 1.02. The number of hydrogen-bond acceptors (Lipinski definition) is 3. The maximum Gasteiger partial charge on any atom is 0.0700 e. The van der Waals surface area contributed by atoms with Gasteiger partial charge in [0, 0.05) is 26.3 Å². The van der Waals surface area contributed by atoms with Crippen LogP contribution < -0.4 is 5.32 Å². The molecule has 0 radical (unpaired) electrons. The highest BCUT2D eigenvalue weighted by molar-refractivity contribution is 4.70. The van der Waals surface area contributed by atoms with Crippen LogP contribution in [-0.2, 0) is 4.74 Å². The zero-order valence-corrected chi connectivity index (χ0v) is 9.33. The van der Waals surface area contributed by atoms with Crippen LogP contribution in [0.1, 0.15) is 26.7 Å². The van der Waals surface area contributed by atoms with E-state index < -0.39 is 0 Å². The lowest BCUT2D eigenvalue weighted by atomic mass is 9.97. The van der Waals surface area contributed by atoms with Gasteiger partial charge < -0.3 is 15.2 Å². The highest BCUT2D eigenvalue weighted by Crippen LogP contribution is 2.12. The van der Waals surface area contributed by atoms with Crippen molar-refractivity contribution in [2.24, 2.45) is 11.8 Å². The Kier molecular flexibility index (Phi) is 5.45. The summed E-state index contributed by atoms with van der Waals surface area (Å²) in [6.07, 6.45) is 2.78. The van der Waals surface area contributed by atoms with Crippen molar-refractivity contribution in [3.63, 3.8) is 0 Å². The number of aliphatic hydroxyl groups excluding tert-OH is 1. The summed E-state index contributed by atoms with van der Waals surface area (Å²) in [6, 6.07) is 0. The predicted molar refractivity (Wildman–Crippen MR) is 57.3 cm³/mol. The van der Waals surface area contributed by atoms with Crippen LogP contribution in [0.15, 0.2) is 0 Å². The molecular weight excluding hydrogens is 178 g/mol. The molecule has 0 spiro atoms. The van der Waals surface area contributed by atoms with Gasteiger partial charge in [0.1, 0.15) is 0 Å². The third-order valence-corrected chi connectivity index (χ3v) is 2.98. The fourth-order valence-electron chi connectivity index (χ4n) is 1.75. The Balaban J connectivity index is 2.06. The summed E-state index contributed by atoms with van der Waals surface area (Å²) in [5.41, 5.74) is 0. The molecule has 3 heteroatoms. The summed E-state index contributed by atoms with van der Waals surface area (Å²) in [4.78, 5) is 0. The second kappa shape index (κ2) is 6.38. The minimum Gasteiger partial charge on any atom is -0.396 e. The maximum absolute atomic E-state index is 9.12. The van der Waals surface area contributed by atoms with Gasteiger partial charge in [-0.1, -0.05) is 13.8 Å². The van der Waals surface area contributed by atoms with E-state index in [1.54, 1.807) is 0 Å². The molecule has 0 amide bonds. The molecule has 0 bridgehead atoms. The van der Waals surface area contributed by atoms with Crippen molar-refractivity contribution < 1.29 is 9.84 Å². The summed E-state index contributed by atoms with van der Waals surface area (Å²) < 4.78 is 5.50. The summed E-state index contributed by atoms with van der Waals surface area (Å²) in [5.74, 6) is 0.911. The van der Waals surface area contributed by atoms with E-state index in [2.05, 4.69) is 19.2 Å². The molecule has 0 aliphatic carbocycles. The van der Waals surface area contributed by atoms with E-state index in [1.807, 2.05) is 0 Å². The van der Waals surface area contributed by atoms with Gasteiger partial charge in [-0.3, -0.25) is 0 Å². The molecule has 2 N–H and O–H groups in total. The van der Waals surface area contributed by atoms with E-state index in [0.717, 1.165) is 19.7 Å². The Bertz CT molecular complexity index is 144. The third kappa shape index (κ3) is 3.95. The molecule has 3 nitrogen and oxygen atoms in total. The molecule has 1 aliphatic rings. The van der Waals surface area contributed by atoms with Gasteiger partial charge in [0.2, 0.25) is 0 Å². The van der Waals surface area contributed by atoms with Crippen molar-refractivity contribution in [3.8, 4) is 0 Å². The monoisotopic (exact) mass is 201 g/mol. The van der Waals surface area contributed by atoms with Gasteiger partial charge in [-0.25, -0.2) is 0 Å². The van der Waals surface area contributed by atoms with Crippen molar-refractivity contribution in [1.29, 1.82) is 0 Å². The molecule has 1 aliphatic heterocycles. The van der Waals surface area contributed by atoms with Gasteiger partial charge in [-0.05, 0) is 24.7 Å². The van der Waals surface area contributed by atoms with Gasteiger partial charge in [-0.2, -0.15) is 0 Å². The van der Waals surface area contributed by atoms with Crippen LogP contribution in [0.5, 0.6) is 0 Å². The summed E-state index contributed by atoms with van der Waals surface area (Å²) >= 11 is 0. The zero-order chi connectivity index (χ0) is 10.4. The highest BCUT2D eigenvalue weighted by Gasteiger charge is 2.16. The maximum atomic E-state index is 9.12. The van der Waals surface area contributed by atoms with Crippen molar-refractivity contribution in [3.05, 3.63) is 0 Å². The Morgan fingerprint density at radius 3 is 2.79 bits per heavy atom. The van der Waals surface area contributed by atoms with Crippen LogP contribution in [0.25, 0.3) is 0 Å². The van der Waals surface area contributed by atoms with Crippen molar-refractivity contribution >= 4 is 0 Å².